The number of nitrogens with zero attached hydrogens (tertiary/aromatic N) is 5. The van der Waals surface area contributed by atoms with Gasteiger partial charge in [-0.05, 0) is 48.2 Å². The number of nitro benzene ring substituents is 1. The minimum Gasteiger partial charge on any atom is -0.388 e. The van der Waals surface area contributed by atoms with E-state index in [0.29, 0.717) is 23.1 Å². The fourth-order valence-electron chi connectivity index (χ4n) is 4.82. The number of aryl methyl sites for hydroxylation is 1. The second kappa shape index (κ2) is 11.8. The SMILES string of the molecule is O=C1SC[C@H](Cc2ccccc2)N1C(=O)[C@@H](CCn1nnc2ccccc2c1=O)C(O)c1ccc([N+](=O)[O-])cc1. The third kappa shape index (κ3) is 5.63. The first-order valence-electron chi connectivity index (χ1n) is 12.6. The van der Waals surface area contributed by atoms with Gasteiger partial charge in [0.2, 0.25) is 5.91 Å². The first-order chi connectivity index (χ1) is 19.3. The second-order valence-electron chi connectivity index (χ2n) is 9.45. The molecule has 1 N–H and O–H groups in total. The van der Waals surface area contributed by atoms with Crippen molar-refractivity contribution in [1.82, 2.24) is 19.9 Å². The molecule has 2 amide bonds. The van der Waals surface area contributed by atoms with Crippen LogP contribution in [-0.4, -0.2) is 52.9 Å². The summed E-state index contributed by atoms with van der Waals surface area (Å²) in [6.45, 7) is -0.0460. The third-order valence-electron chi connectivity index (χ3n) is 6.94. The van der Waals surface area contributed by atoms with Crippen LogP contribution in [0.25, 0.3) is 10.9 Å². The first-order valence-corrected chi connectivity index (χ1v) is 13.6. The van der Waals surface area contributed by atoms with Crippen LogP contribution in [0, 0.1) is 16.0 Å². The normalized spacial score (nSPS) is 16.7. The smallest absolute Gasteiger partial charge is 0.288 e. The number of thioether (sulfide) groups is 1. The molecule has 1 unspecified atom stereocenters. The average Bonchev–Trinajstić information content (AvgIpc) is 3.34. The van der Waals surface area contributed by atoms with Crippen LogP contribution in [0.2, 0.25) is 0 Å². The largest absolute Gasteiger partial charge is 0.388 e. The van der Waals surface area contributed by atoms with Gasteiger partial charge in [0.05, 0.1) is 28.4 Å². The number of amides is 2. The lowest BCUT2D eigenvalue weighted by Gasteiger charge is -2.29. The van der Waals surface area contributed by atoms with E-state index >= 15 is 0 Å². The molecule has 4 aromatic rings. The molecule has 1 aliphatic rings. The minimum atomic E-state index is -1.40. The zero-order valence-electron chi connectivity index (χ0n) is 21.2. The summed E-state index contributed by atoms with van der Waals surface area (Å²) in [5.74, 6) is -1.30. The molecule has 1 aromatic heterocycles. The summed E-state index contributed by atoms with van der Waals surface area (Å²) in [5, 5.41) is 30.5. The Hall–Kier alpha value is -4.42. The molecule has 2 heterocycles. The van der Waals surface area contributed by atoms with Crippen molar-refractivity contribution in [2.75, 3.05) is 5.75 Å². The highest BCUT2D eigenvalue weighted by Crippen LogP contribution is 2.34. The number of imide groups is 1. The summed E-state index contributed by atoms with van der Waals surface area (Å²) >= 11 is 1.04. The van der Waals surface area contributed by atoms with Gasteiger partial charge in [-0.3, -0.25) is 29.4 Å². The highest BCUT2D eigenvalue weighted by Gasteiger charge is 2.42. The van der Waals surface area contributed by atoms with Crippen LogP contribution in [0.5, 0.6) is 0 Å². The molecule has 0 radical (unpaired) electrons. The molecule has 5 rings (SSSR count). The number of hydrogen-bond donors (Lipinski definition) is 1. The summed E-state index contributed by atoms with van der Waals surface area (Å²) in [6, 6.07) is 21.1. The zero-order valence-corrected chi connectivity index (χ0v) is 22.0. The van der Waals surface area contributed by atoms with Gasteiger partial charge < -0.3 is 5.11 Å². The minimum absolute atomic E-state index is 0.0313. The number of hydrogen-bond acceptors (Lipinski definition) is 9. The van der Waals surface area contributed by atoms with Gasteiger partial charge in [0, 0.05) is 24.4 Å². The number of rotatable bonds is 9. The van der Waals surface area contributed by atoms with E-state index in [9.17, 15) is 29.6 Å². The van der Waals surface area contributed by atoms with Crippen LogP contribution in [0.3, 0.4) is 0 Å². The molecule has 3 aromatic carbocycles. The Morgan fingerprint density at radius 2 is 1.75 bits per heavy atom. The maximum atomic E-state index is 14.0. The highest BCUT2D eigenvalue weighted by atomic mass is 32.2. The van der Waals surface area contributed by atoms with Gasteiger partial charge in [-0.15, -0.1) is 5.10 Å². The Labute approximate surface area is 232 Å². The van der Waals surface area contributed by atoms with Gasteiger partial charge in [0.15, 0.2) is 0 Å². The second-order valence-corrected chi connectivity index (χ2v) is 10.4. The number of aliphatic hydroxyl groups is 1. The van der Waals surface area contributed by atoms with Gasteiger partial charge >= 0.3 is 0 Å². The molecule has 11 nitrogen and oxygen atoms in total. The Bertz CT molecular complexity index is 1610. The first kappa shape index (κ1) is 27.2. The van der Waals surface area contributed by atoms with E-state index < -0.39 is 39.7 Å². The predicted octanol–water partition coefficient (Wildman–Crippen LogP) is 3.75. The van der Waals surface area contributed by atoms with Crippen molar-refractivity contribution in [3.05, 3.63) is 110 Å². The van der Waals surface area contributed by atoms with Gasteiger partial charge in [-0.1, -0.05) is 59.4 Å². The van der Waals surface area contributed by atoms with Gasteiger partial charge in [-0.25, -0.2) is 4.68 Å². The number of aromatic nitrogens is 3. The fraction of sp³-hybridized carbons (Fsp3) is 0.250. The van der Waals surface area contributed by atoms with Crippen LogP contribution < -0.4 is 5.56 Å². The van der Waals surface area contributed by atoms with E-state index in [1.165, 1.54) is 29.2 Å². The topological polar surface area (TPSA) is 149 Å². The maximum Gasteiger partial charge on any atom is 0.288 e. The number of nitro groups is 1. The van der Waals surface area contributed by atoms with E-state index in [1.54, 1.807) is 24.3 Å². The summed E-state index contributed by atoms with van der Waals surface area (Å²) in [4.78, 5) is 51.6. The van der Waals surface area contributed by atoms with Crippen molar-refractivity contribution in [3.63, 3.8) is 0 Å². The molecule has 0 saturated carbocycles. The maximum absolute atomic E-state index is 14.0. The lowest BCUT2D eigenvalue weighted by Crippen LogP contribution is -2.45. The molecule has 0 spiro atoms. The summed E-state index contributed by atoms with van der Waals surface area (Å²) < 4.78 is 1.13. The highest BCUT2D eigenvalue weighted by molar-refractivity contribution is 8.14. The average molecular weight is 560 g/mol. The Morgan fingerprint density at radius 3 is 2.48 bits per heavy atom. The molecular weight excluding hydrogens is 534 g/mol. The summed E-state index contributed by atoms with van der Waals surface area (Å²) in [6.07, 6.45) is -0.967. The number of carbonyl (C=O) groups excluding carboxylic acids is 2. The fourth-order valence-corrected chi connectivity index (χ4v) is 5.80. The predicted molar refractivity (Wildman–Crippen MR) is 149 cm³/mol. The molecule has 0 aliphatic carbocycles. The number of non-ortho nitro benzene ring substituents is 1. The number of carbonyl (C=O) groups is 2. The van der Waals surface area contributed by atoms with Crippen LogP contribution in [0.15, 0.2) is 83.7 Å². The zero-order chi connectivity index (χ0) is 28.2. The van der Waals surface area contributed by atoms with Crippen LogP contribution >= 0.6 is 11.8 Å². The molecule has 1 aliphatic heterocycles. The van der Waals surface area contributed by atoms with E-state index in [1.807, 2.05) is 30.3 Å². The van der Waals surface area contributed by atoms with E-state index in [-0.39, 0.29) is 24.2 Å². The van der Waals surface area contributed by atoms with Crippen molar-refractivity contribution in [2.24, 2.45) is 5.92 Å². The molecular formula is C28H25N5O6S. The van der Waals surface area contributed by atoms with Crippen molar-refractivity contribution in [2.45, 2.75) is 31.5 Å². The summed E-state index contributed by atoms with van der Waals surface area (Å²) in [7, 11) is 0. The number of aliphatic hydroxyl groups excluding tert-OH is 1. The van der Waals surface area contributed by atoms with Crippen molar-refractivity contribution in [1.29, 1.82) is 0 Å². The molecule has 12 heteroatoms. The Morgan fingerprint density at radius 1 is 1.05 bits per heavy atom. The number of benzene rings is 3. The Kier molecular flexibility index (Phi) is 7.99. The molecule has 1 saturated heterocycles. The lowest BCUT2D eigenvalue weighted by atomic mass is 9.90. The molecule has 0 bridgehead atoms. The van der Waals surface area contributed by atoms with E-state index in [2.05, 4.69) is 10.3 Å². The molecule has 40 heavy (non-hydrogen) atoms. The number of fused-ring (bicyclic) bond motifs is 1. The molecule has 1 fully saturated rings. The van der Waals surface area contributed by atoms with Crippen molar-refractivity contribution >= 4 is 39.5 Å². The Balaban J connectivity index is 1.45. The quantitative estimate of drug-likeness (QED) is 0.239. The summed E-state index contributed by atoms with van der Waals surface area (Å²) in [5.41, 5.74) is 1.12. The third-order valence-corrected chi connectivity index (χ3v) is 7.93. The molecule has 3 atom stereocenters. The van der Waals surface area contributed by atoms with Crippen molar-refractivity contribution < 1.29 is 19.6 Å². The van der Waals surface area contributed by atoms with Gasteiger partial charge in [0.25, 0.3) is 16.5 Å². The van der Waals surface area contributed by atoms with E-state index in [4.69, 9.17) is 0 Å². The van der Waals surface area contributed by atoms with Crippen LogP contribution in [-0.2, 0) is 17.8 Å². The van der Waals surface area contributed by atoms with Crippen LogP contribution in [0.1, 0.15) is 23.7 Å². The standard InChI is InChI=1S/C28H25N5O6S/c34-25(19-10-12-20(13-11-19)33(38)39)23(14-15-31-26(35)22-8-4-5-9-24(22)29-30-31)27(36)32-21(17-40-28(32)37)16-18-6-2-1-3-7-18/h1-13,21,23,25,34H,14-17H2/t21-,23-,25?/m0/s1. The van der Waals surface area contributed by atoms with Crippen LogP contribution in [0.4, 0.5) is 10.5 Å². The van der Waals surface area contributed by atoms with Gasteiger partial charge in [-0.2, -0.15) is 0 Å². The van der Waals surface area contributed by atoms with Crippen molar-refractivity contribution in [3.8, 4) is 0 Å². The van der Waals surface area contributed by atoms with Gasteiger partial charge in [0.1, 0.15) is 5.52 Å². The molecule has 204 valence electrons. The van der Waals surface area contributed by atoms with E-state index in [0.717, 1.165) is 22.0 Å². The monoisotopic (exact) mass is 559 g/mol. The lowest BCUT2D eigenvalue weighted by molar-refractivity contribution is -0.384.